The Morgan fingerprint density at radius 3 is 2.50 bits per heavy atom. The van der Waals surface area contributed by atoms with Gasteiger partial charge in [-0.1, -0.05) is 49.9 Å². The van der Waals surface area contributed by atoms with Crippen molar-refractivity contribution in [3.05, 3.63) is 53.2 Å². The first-order valence-corrected chi connectivity index (χ1v) is 16.9. The van der Waals surface area contributed by atoms with Crippen LogP contribution in [0.5, 0.6) is 0 Å². The van der Waals surface area contributed by atoms with Crippen molar-refractivity contribution in [3.63, 3.8) is 0 Å². The zero-order valence-corrected chi connectivity index (χ0v) is 27.6. The molecule has 0 bridgehead atoms. The first kappa shape index (κ1) is 36.7. The Morgan fingerprint density at radius 1 is 1.11 bits per heavy atom. The molecule has 1 fully saturated rings. The van der Waals surface area contributed by atoms with E-state index in [4.69, 9.17) is 14.3 Å². The Morgan fingerprint density at radius 2 is 1.85 bits per heavy atom. The average Bonchev–Trinajstić information content (AvgIpc) is 3.37. The van der Waals surface area contributed by atoms with Crippen LogP contribution in [-0.2, 0) is 33.9 Å². The first-order chi connectivity index (χ1) is 21.9. The second-order valence-corrected chi connectivity index (χ2v) is 13.0. The molecule has 0 spiro atoms. The van der Waals surface area contributed by atoms with Gasteiger partial charge in [-0.25, -0.2) is 18.2 Å². The van der Waals surface area contributed by atoms with Crippen LogP contribution in [-0.4, -0.2) is 92.6 Å². The third kappa shape index (κ3) is 11.5. The highest BCUT2D eigenvalue weighted by Gasteiger charge is 2.36. The summed E-state index contributed by atoms with van der Waals surface area (Å²) < 4.78 is 39.3. The number of ether oxygens (including phenoxy) is 2. The summed E-state index contributed by atoms with van der Waals surface area (Å²) in [7, 11) is -4.20. The summed E-state index contributed by atoms with van der Waals surface area (Å²) in [6, 6.07) is 6.90. The molecule has 1 aromatic carbocycles. The molecule has 1 aliphatic rings. The average molecular weight is 664 g/mol. The van der Waals surface area contributed by atoms with Gasteiger partial charge in [0.1, 0.15) is 18.5 Å². The van der Waals surface area contributed by atoms with Gasteiger partial charge in [0.25, 0.3) is 0 Å². The fraction of sp³-hybridized carbons (Fsp3) is 0.548. The van der Waals surface area contributed by atoms with Crippen LogP contribution in [0.2, 0.25) is 0 Å². The lowest BCUT2D eigenvalue weighted by Gasteiger charge is -2.22. The number of aliphatic carboxylic acids is 1. The highest BCUT2D eigenvalue weighted by atomic mass is 32.2. The highest BCUT2D eigenvalue weighted by Crippen LogP contribution is 2.23. The number of aryl methyl sites for hydroxylation is 3. The van der Waals surface area contributed by atoms with Crippen LogP contribution in [0, 0.1) is 20.8 Å². The molecule has 46 heavy (non-hydrogen) atoms. The molecule has 1 amide bonds. The number of aromatic nitrogens is 1. The van der Waals surface area contributed by atoms with Crippen molar-refractivity contribution >= 4 is 33.9 Å². The third-order valence-corrected chi connectivity index (χ3v) is 9.12. The van der Waals surface area contributed by atoms with Gasteiger partial charge < -0.3 is 30.1 Å². The SMILES string of the molecule is CCCCCCOC(=O)ON1CC(OCC(=O)NCC(NS(=O)(=O)c2c(C)cc(C)cc2C)C(=O)O)CC1CNc1ccccn1. The number of benzene rings is 1. The summed E-state index contributed by atoms with van der Waals surface area (Å²) in [6.07, 6.45) is 4.54. The predicted molar refractivity (Wildman–Crippen MR) is 170 cm³/mol. The van der Waals surface area contributed by atoms with Crippen LogP contribution in [0.1, 0.15) is 55.7 Å². The molecule has 0 aliphatic carbocycles. The summed E-state index contributed by atoms with van der Waals surface area (Å²) in [6.45, 7) is 7.06. The van der Waals surface area contributed by atoms with Crippen LogP contribution in [0.3, 0.4) is 0 Å². The number of carboxylic acids is 1. The van der Waals surface area contributed by atoms with Crippen LogP contribution in [0.15, 0.2) is 41.4 Å². The number of carbonyl (C=O) groups excluding carboxylic acids is 2. The number of nitrogens with one attached hydrogen (secondary N) is 3. The molecule has 3 unspecified atom stereocenters. The smallest absolute Gasteiger partial charge is 0.480 e. The van der Waals surface area contributed by atoms with E-state index < -0.39 is 53.4 Å². The van der Waals surface area contributed by atoms with Crippen molar-refractivity contribution in [2.24, 2.45) is 0 Å². The Labute approximate surface area is 270 Å². The summed E-state index contributed by atoms with van der Waals surface area (Å²) >= 11 is 0. The van der Waals surface area contributed by atoms with E-state index in [0.717, 1.165) is 31.2 Å². The van der Waals surface area contributed by atoms with Crippen molar-refractivity contribution in [2.45, 2.75) is 82.9 Å². The summed E-state index contributed by atoms with van der Waals surface area (Å²) in [5.41, 5.74) is 1.84. The molecule has 1 aromatic heterocycles. The number of unbranched alkanes of at least 4 members (excludes halogenated alkanes) is 3. The number of nitrogens with zero attached hydrogens (tertiary/aromatic N) is 2. The third-order valence-electron chi connectivity index (χ3n) is 7.34. The quantitative estimate of drug-likeness (QED) is 0.135. The topological polar surface area (TPSA) is 185 Å². The molecule has 0 radical (unpaired) electrons. The summed E-state index contributed by atoms with van der Waals surface area (Å²) in [4.78, 5) is 46.5. The van der Waals surface area contributed by atoms with Crippen LogP contribution in [0.25, 0.3) is 0 Å². The molecule has 2 heterocycles. The molecular weight excluding hydrogens is 618 g/mol. The number of pyridine rings is 1. The molecular formula is C31H45N5O9S. The zero-order chi connectivity index (χ0) is 33.7. The number of hydrogen-bond donors (Lipinski definition) is 4. The van der Waals surface area contributed by atoms with Gasteiger partial charge in [0, 0.05) is 19.3 Å². The zero-order valence-electron chi connectivity index (χ0n) is 26.8. The molecule has 0 saturated carbocycles. The van der Waals surface area contributed by atoms with Crippen molar-refractivity contribution in [1.29, 1.82) is 0 Å². The van der Waals surface area contributed by atoms with E-state index in [2.05, 4.69) is 27.3 Å². The van der Waals surface area contributed by atoms with Gasteiger partial charge in [0.2, 0.25) is 15.9 Å². The predicted octanol–water partition coefficient (Wildman–Crippen LogP) is 3.07. The molecule has 254 valence electrons. The van der Waals surface area contributed by atoms with Gasteiger partial charge in [0.15, 0.2) is 0 Å². The number of hydroxylamine groups is 2. The lowest BCUT2D eigenvalue weighted by atomic mass is 10.1. The number of hydrogen-bond acceptors (Lipinski definition) is 11. The van der Waals surface area contributed by atoms with E-state index in [0.29, 0.717) is 29.9 Å². The highest BCUT2D eigenvalue weighted by molar-refractivity contribution is 7.89. The summed E-state index contributed by atoms with van der Waals surface area (Å²) in [5, 5.41) is 16.7. The van der Waals surface area contributed by atoms with E-state index in [-0.39, 0.29) is 24.1 Å². The van der Waals surface area contributed by atoms with Crippen molar-refractivity contribution in [2.75, 3.05) is 38.2 Å². The molecule has 2 aromatic rings. The van der Waals surface area contributed by atoms with Gasteiger partial charge in [-0.15, -0.1) is 5.06 Å². The normalized spacial score (nSPS) is 17.3. The van der Waals surface area contributed by atoms with E-state index >= 15 is 0 Å². The fourth-order valence-electron chi connectivity index (χ4n) is 5.24. The monoisotopic (exact) mass is 663 g/mol. The molecule has 1 saturated heterocycles. The van der Waals surface area contributed by atoms with E-state index in [9.17, 15) is 27.9 Å². The molecule has 15 heteroatoms. The number of amides is 1. The molecule has 1 aliphatic heterocycles. The van der Waals surface area contributed by atoms with E-state index in [1.807, 2.05) is 13.0 Å². The minimum atomic E-state index is -4.20. The summed E-state index contributed by atoms with van der Waals surface area (Å²) in [5.74, 6) is -1.44. The van der Waals surface area contributed by atoms with Crippen molar-refractivity contribution in [1.82, 2.24) is 20.1 Å². The maximum absolute atomic E-state index is 13.1. The Bertz CT molecular complexity index is 1400. The number of carbonyl (C=O) groups is 3. The molecule has 4 N–H and O–H groups in total. The lowest BCUT2D eigenvalue weighted by Crippen LogP contribution is -2.49. The van der Waals surface area contributed by atoms with Crippen molar-refractivity contribution in [3.8, 4) is 0 Å². The number of sulfonamides is 1. The van der Waals surface area contributed by atoms with Gasteiger partial charge in [-0.05, 0) is 56.9 Å². The van der Waals surface area contributed by atoms with Gasteiger partial charge >= 0.3 is 12.1 Å². The lowest BCUT2D eigenvalue weighted by molar-refractivity contribution is -0.142. The van der Waals surface area contributed by atoms with Gasteiger partial charge in [-0.2, -0.15) is 4.72 Å². The van der Waals surface area contributed by atoms with Crippen LogP contribution < -0.4 is 15.4 Å². The van der Waals surface area contributed by atoms with Crippen molar-refractivity contribution < 1.29 is 42.2 Å². The first-order valence-electron chi connectivity index (χ1n) is 15.4. The Hall–Kier alpha value is -3.79. The second kappa shape index (κ2) is 17.8. The standard InChI is InChI=1S/C31H45N5O9S/c1-5-6-7-10-13-43-31(40)45-36-19-25(16-24(36)17-33-27-11-8-9-12-32-27)44-20-28(37)34-18-26(30(38)39)35-46(41,42)29-22(3)14-21(2)15-23(29)4/h8-9,11-12,14-15,24-26,35H,5-7,10,13,16-20H2,1-4H3,(H,32,33)(H,34,37)(H,38,39). The van der Waals surface area contributed by atoms with E-state index in [1.165, 1.54) is 5.06 Å². The Kier molecular flexibility index (Phi) is 14.2. The maximum atomic E-state index is 13.1. The van der Waals surface area contributed by atoms with Crippen LogP contribution >= 0.6 is 0 Å². The molecule has 14 nitrogen and oxygen atoms in total. The molecule has 3 atom stereocenters. The van der Waals surface area contributed by atoms with E-state index in [1.54, 1.807) is 44.3 Å². The van der Waals surface area contributed by atoms with Gasteiger partial charge in [-0.3, -0.25) is 9.59 Å². The van der Waals surface area contributed by atoms with Crippen LogP contribution in [0.4, 0.5) is 10.6 Å². The minimum absolute atomic E-state index is 0.000481. The Balaban J connectivity index is 1.53. The number of carboxylic acid groups (broad SMARTS) is 1. The van der Waals surface area contributed by atoms with Gasteiger partial charge in [0.05, 0.1) is 30.2 Å². The number of anilines is 1. The molecule has 3 rings (SSSR count). The largest absolute Gasteiger partial charge is 0.527 e. The fourth-order valence-corrected chi connectivity index (χ4v) is 6.88. The number of rotatable bonds is 18. The minimum Gasteiger partial charge on any atom is -0.480 e. The second-order valence-electron chi connectivity index (χ2n) is 11.3. The maximum Gasteiger partial charge on any atom is 0.527 e.